The van der Waals surface area contributed by atoms with Gasteiger partial charge < -0.3 is 4.42 Å². The predicted molar refractivity (Wildman–Crippen MR) is 200 cm³/mol. The van der Waals surface area contributed by atoms with Crippen LogP contribution in [0.3, 0.4) is 0 Å². The fourth-order valence-corrected chi connectivity index (χ4v) is 7.29. The van der Waals surface area contributed by atoms with Gasteiger partial charge >= 0.3 is 0 Å². The normalized spacial score (nSPS) is 11.7. The predicted octanol–water partition coefficient (Wildman–Crippen LogP) is 11.9. The van der Waals surface area contributed by atoms with Gasteiger partial charge in [0.2, 0.25) is 0 Å². The van der Waals surface area contributed by atoms with Gasteiger partial charge in [0.25, 0.3) is 0 Å². The Balaban J connectivity index is 1.34. The maximum atomic E-state index is 6.97. The van der Waals surface area contributed by atoms with E-state index in [-0.39, 0.29) is 0 Å². The van der Waals surface area contributed by atoms with Crippen molar-refractivity contribution < 1.29 is 4.42 Å². The summed E-state index contributed by atoms with van der Waals surface area (Å²) in [5, 5.41) is 6.32. The van der Waals surface area contributed by atoms with Crippen molar-refractivity contribution in [3.05, 3.63) is 164 Å². The van der Waals surface area contributed by atoms with Gasteiger partial charge in [-0.15, -0.1) is 0 Å². The topological polar surface area (TPSA) is 51.8 Å². The molecule has 0 unspecified atom stereocenters. The van der Waals surface area contributed by atoms with Crippen molar-refractivity contribution in [2.24, 2.45) is 0 Å². The van der Waals surface area contributed by atoms with E-state index in [1.807, 2.05) is 36.4 Å². The number of nitrogens with zero attached hydrogens (tertiary/aromatic N) is 3. The molecule has 0 amide bonds. The highest BCUT2D eigenvalue weighted by molar-refractivity contribution is 6.23. The number of para-hydroxylation sites is 2. The van der Waals surface area contributed by atoms with Crippen LogP contribution in [0.25, 0.3) is 99.9 Å². The Bertz CT molecular complexity index is 2710. The number of hydrogen-bond acceptors (Lipinski definition) is 4. The van der Waals surface area contributed by atoms with E-state index < -0.39 is 0 Å². The minimum Gasteiger partial charge on any atom is -0.455 e. The molecule has 3 heterocycles. The molecule has 8 aromatic rings. The third-order valence-corrected chi connectivity index (χ3v) is 9.47. The zero-order chi connectivity index (χ0) is 32.3. The lowest BCUT2D eigenvalue weighted by Gasteiger charge is -2.19. The van der Waals surface area contributed by atoms with E-state index >= 15 is 0 Å². The Morgan fingerprint density at radius 2 is 0.837 bits per heavy atom. The van der Waals surface area contributed by atoms with E-state index in [1.54, 1.807) is 0 Å². The monoisotopic (exact) mass is 625 g/mol. The highest BCUT2D eigenvalue weighted by atomic mass is 16.3. The smallest absolute Gasteiger partial charge is 0.161 e. The van der Waals surface area contributed by atoms with Crippen molar-refractivity contribution in [3.63, 3.8) is 0 Å². The average molecular weight is 626 g/mol. The third-order valence-electron chi connectivity index (χ3n) is 9.47. The van der Waals surface area contributed by atoms with Gasteiger partial charge in [0.15, 0.2) is 5.82 Å². The Labute approximate surface area is 282 Å². The van der Waals surface area contributed by atoms with Crippen LogP contribution in [0.15, 0.2) is 168 Å². The summed E-state index contributed by atoms with van der Waals surface area (Å²) in [6, 6.07) is 56.4. The molecule has 0 spiro atoms. The quantitative estimate of drug-likeness (QED) is 0.183. The molecule has 0 aliphatic carbocycles. The molecule has 0 bridgehead atoms. The van der Waals surface area contributed by atoms with Crippen LogP contribution in [0.4, 0.5) is 0 Å². The molecule has 0 saturated carbocycles. The summed E-state index contributed by atoms with van der Waals surface area (Å²) in [5.41, 5.74) is 9.59. The highest BCUT2D eigenvalue weighted by Gasteiger charge is 2.27. The van der Waals surface area contributed by atoms with Gasteiger partial charge in [0, 0.05) is 33.0 Å². The zero-order valence-corrected chi connectivity index (χ0v) is 26.3. The lowest BCUT2D eigenvalue weighted by atomic mass is 9.88. The molecule has 2 aliphatic rings. The molecule has 7 aromatic carbocycles. The van der Waals surface area contributed by atoms with Crippen LogP contribution in [0.5, 0.6) is 0 Å². The third kappa shape index (κ3) is 4.35. The van der Waals surface area contributed by atoms with Gasteiger partial charge in [-0.1, -0.05) is 140 Å². The Morgan fingerprint density at radius 3 is 1.43 bits per heavy atom. The molecule has 0 N–H and O–H groups in total. The van der Waals surface area contributed by atoms with Gasteiger partial charge in [-0.05, 0) is 45.8 Å². The zero-order valence-electron chi connectivity index (χ0n) is 26.3. The van der Waals surface area contributed by atoms with Crippen molar-refractivity contribution in [2.75, 3.05) is 0 Å². The first-order chi connectivity index (χ1) is 24.3. The first-order valence-corrected chi connectivity index (χ1v) is 16.5. The summed E-state index contributed by atoms with van der Waals surface area (Å²) in [6.07, 6.45) is 0. The summed E-state index contributed by atoms with van der Waals surface area (Å²) in [7, 11) is 0. The van der Waals surface area contributed by atoms with Crippen LogP contribution in [0.2, 0.25) is 0 Å². The average Bonchev–Trinajstić information content (AvgIpc) is 3.57. The molecule has 0 saturated heterocycles. The van der Waals surface area contributed by atoms with Crippen molar-refractivity contribution in [2.45, 2.75) is 0 Å². The minimum atomic E-state index is 0.681. The van der Waals surface area contributed by atoms with Crippen molar-refractivity contribution in [3.8, 4) is 56.5 Å². The highest BCUT2D eigenvalue weighted by Crippen LogP contribution is 2.49. The number of hydrogen-bond donors (Lipinski definition) is 0. The number of rotatable bonds is 4. The molecule has 4 nitrogen and oxygen atoms in total. The van der Waals surface area contributed by atoms with Gasteiger partial charge in [-0.2, -0.15) is 0 Å². The molecule has 10 rings (SSSR count). The summed E-state index contributed by atoms with van der Waals surface area (Å²) >= 11 is 0. The number of fused-ring (bicyclic) bond motifs is 7. The van der Waals surface area contributed by atoms with Crippen LogP contribution in [-0.2, 0) is 0 Å². The second kappa shape index (κ2) is 11.0. The molecule has 4 heteroatoms. The van der Waals surface area contributed by atoms with E-state index in [2.05, 4.69) is 127 Å². The van der Waals surface area contributed by atoms with Crippen molar-refractivity contribution >= 4 is 43.4 Å². The van der Waals surface area contributed by atoms with E-state index in [9.17, 15) is 0 Å². The van der Waals surface area contributed by atoms with Crippen LogP contribution in [0, 0.1) is 0 Å². The molecule has 2 aliphatic heterocycles. The molecule has 49 heavy (non-hydrogen) atoms. The number of aromatic nitrogens is 3. The van der Waals surface area contributed by atoms with Gasteiger partial charge in [0.05, 0.1) is 28.2 Å². The lowest BCUT2D eigenvalue weighted by Crippen LogP contribution is -1.99. The SMILES string of the molecule is c1ccc(-c2cc(-c3ccccc3)nc(-c3c4ccccc4c(-c4oc5ccccc5c5nc6ccccc6c4-5)c4ccccc34)n2)cc1. The van der Waals surface area contributed by atoms with Crippen LogP contribution >= 0.6 is 0 Å². The molecule has 228 valence electrons. The second-order valence-corrected chi connectivity index (χ2v) is 12.3. The summed E-state index contributed by atoms with van der Waals surface area (Å²) in [6.45, 7) is 0. The fraction of sp³-hybridized carbons (Fsp3) is 0. The fourth-order valence-electron chi connectivity index (χ4n) is 7.29. The lowest BCUT2D eigenvalue weighted by molar-refractivity contribution is 0.623. The standard InChI is InChI=1S/C45H27N3O/c1-3-15-28(16-4-1)37-27-38(29-17-5-2-6-18-29)48-45(47-37)41-32-21-9-7-19-30(32)40(31-20-8-10-22-33(31)41)44-42-34-23-11-13-25-36(34)46-43(42)35-24-12-14-26-39(35)49-44/h1-27H. The van der Waals surface area contributed by atoms with E-state index in [1.165, 1.54) is 0 Å². The summed E-state index contributed by atoms with van der Waals surface area (Å²) in [5.74, 6) is 1.49. The minimum absolute atomic E-state index is 0.681. The Kier molecular flexibility index (Phi) is 6.15. The van der Waals surface area contributed by atoms with Gasteiger partial charge in [0.1, 0.15) is 11.3 Å². The molecule has 1 aromatic heterocycles. The Hall–Kier alpha value is -6.65. The molecule has 0 fully saturated rings. The Morgan fingerprint density at radius 1 is 0.367 bits per heavy atom. The van der Waals surface area contributed by atoms with Crippen LogP contribution in [-0.4, -0.2) is 15.0 Å². The largest absolute Gasteiger partial charge is 0.455 e. The maximum absolute atomic E-state index is 6.97. The second-order valence-electron chi connectivity index (χ2n) is 12.3. The first kappa shape index (κ1) is 27.5. The van der Waals surface area contributed by atoms with E-state index in [0.29, 0.717) is 5.82 Å². The first-order valence-electron chi connectivity index (χ1n) is 16.5. The molecule has 0 radical (unpaired) electrons. The van der Waals surface area contributed by atoms with Crippen molar-refractivity contribution in [1.29, 1.82) is 0 Å². The maximum Gasteiger partial charge on any atom is 0.161 e. The number of benzene rings is 7. The van der Waals surface area contributed by atoms with Crippen LogP contribution in [0.1, 0.15) is 0 Å². The van der Waals surface area contributed by atoms with E-state index in [0.717, 1.165) is 94.1 Å². The summed E-state index contributed by atoms with van der Waals surface area (Å²) in [4.78, 5) is 15.7. The van der Waals surface area contributed by atoms with Gasteiger partial charge in [-0.3, -0.25) is 0 Å². The molecular formula is C45H27N3O. The van der Waals surface area contributed by atoms with Crippen LogP contribution < -0.4 is 0 Å². The van der Waals surface area contributed by atoms with E-state index in [4.69, 9.17) is 19.4 Å². The van der Waals surface area contributed by atoms with Crippen molar-refractivity contribution in [1.82, 2.24) is 15.0 Å². The molecular weight excluding hydrogens is 599 g/mol. The molecule has 0 atom stereocenters. The summed E-state index contributed by atoms with van der Waals surface area (Å²) < 4.78 is 6.97. The van der Waals surface area contributed by atoms with Gasteiger partial charge in [-0.25, -0.2) is 15.0 Å².